The molecule has 2 heterocycles. The molecule has 1 N–H and O–H groups in total. The molecular formula is C15H28N4. The second-order valence-electron chi connectivity index (χ2n) is 5.62. The minimum atomic E-state index is 0.709. The first kappa shape index (κ1) is 14.5. The molecule has 4 nitrogen and oxygen atoms in total. The lowest BCUT2D eigenvalue weighted by molar-refractivity contribution is 0.236. The largest absolute Gasteiger partial charge is 0.334 e. The number of aromatic nitrogens is 2. The quantitative estimate of drug-likeness (QED) is 0.780. The zero-order valence-corrected chi connectivity index (χ0v) is 12.4. The average molecular weight is 264 g/mol. The van der Waals surface area contributed by atoms with Crippen LogP contribution >= 0.6 is 0 Å². The molecule has 0 aromatic carbocycles. The van der Waals surface area contributed by atoms with Crippen molar-refractivity contribution in [2.45, 2.75) is 52.1 Å². The molecule has 108 valence electrons. The van der Waals surface area contributed by atoms with Crippen LogP contribution in [0.15, 0.2) is 12.4 Å². The third-order valence-corrected chi connectivity index (χ3v) is 4.05. The Labute approximate surface area is 117 Å². The van der Waals surface area contributed by atoms with Crippen LogP contribution in [0.25, 0.3) is 0 Å². The highest BCUT2D eigenvalue weighted by molar-refractivity contribution is 4.88. The molecule has 1 aromatic rings. The molecule has 1 saturated heterocycles. The first-order valence-corrected chi connectivity index (χ1v) is 7.73. The van der Waals surface area contributed by atoms with Gasteiger partial charge >= 0.3 is 0 Å². The SMILES string of the molecule is CCCCN(CCn1ccnc1C)CC1CCCN1. The van der Waals surface area contributed by atoms with E-state index < -0.39 is 0 Å². The minimum Gasteiger partial charge on any atom is -0.334 e. The normalized spacial score (nSPS) is 19.4. The summed E-state index contributed by atoms with van der Waals surface area (Å²) in [6.45, 7) is 10.2. The third-order valence-electron chi connectivity index (χ3n) is 4.05. The van der Waals surface area contributed by atoms with E-state index in [1.165, 1.54) is 45.3 Å². The lowest BCUT2D eigenvalue weighted by atomic mass is 10.2. The van der Waals surface area contributed by atoms with Gasteiger partial charge in [0.05, 0.1) is 0 Å². The molecule has 0 bridgehead atoms. The summed E-state index contributed by atoms with van der Waals surface area (Å²) < 4.78 is 2.25. The lowest BCUT2D eigenvalue weighted by Crippen LogP contribution is -2.39. The summed E-state index contributed by atoms with van der Waals surface area (Å²) in [5.41, 5.74) is 0. The van der Waals surface area contributed by atoms with Gasteiger partial charge in [-0.05, 0) is 39.3 Å². The Morgan fingerprint density at radius 1 is 1.47 bits per heavy atom. The lowest BCUT2D eigenvalue weighted by Gasteiger charge is -2.26. The van der Waals surface area contributed by atoms with E-state index in [0.717, 1.165) is 18.9 Å². The van der Waals surface area contributed by atoms with Crippen molar-refractivity contribution in [1.82, 2.24) is 19.8 Å². The summed E-state index contributed by atoms with van der Waals surface area (Å²) in [4.78, 5) is 6.91. The molecule has 1 unspecified atom stereocenters. The van der Waals surface area contributed by atoms with Gasteiger partial charge in [0.15, 0.2) is 0 Å². The number of nitrogens with zero attached hydrogens (tertiary/aromatic N) is 3. The molecule has 0 saturated carbocycles. The van der Waals surface area contributed by atoms with Crippen LogP contribution in [0.1, 0.15) is 38.4 Å². The molecule has 4 heteroatoms. The molecule has 1 aliphatic heterocycles. The molecule has 1 fully saturated rings. The second kappa shape index (κ2) is 7.65. The van der Waals surface area contributed by atoms with Crippen molar-refractivity contribution in [2.24, 2.45) is 0 Å². The fraction of sp³-hybridized carbons (Fsp3) is 0.800. The standard InChI is InChI=1S/C15H28N4/c1-3-4-9-18(13-15-6-5-7-17-15)11-12-19-10-8-16-14(19)2/h8,10,15,17H,3-7,9,11-13H2,1-2H3. The Hall–Kier alpha value is -0.870. The maximum absolute atomic E-state index is 4.29. The fourth-order valence-corrected chi connectivity index (χ4v) is 2.79. The summed E-state index contributed by atoms with van der Waals surface area (Å²) in [7, 11) is 0. The van der Waals surface area contributed by atoms with E-state index in [1.807, 2.05) is 6.20 Å². The van der Waals surface area contributed by atoms with Crippen molar-refractivity contribution in [3.05, 3.63) is 18.2 Å². The molecule has 1 aromatic heterocycles. The van der Waals surface area contributed by atoms with Gasteiger partial charge < -0.3 is 14.8 Å². The van der Waals surface area contributed by atoms with Crippen molar-refractivity contribution in [2.75, 3.05) is 26.2 Å². The van der Waals surface area contributed by atoms with E-state index >= 15 is 0 Å². The van der Waals surface area contributed by atoms with Crippen LogP contribution in [0, 0.1) is 6.92 Å². The molecule has 19 heavy (non-hydrogen) atoms. The Bertz CT molecular complexity index is 355. The Morgan fingerprint density at radius 3 is 3.00 bits per heavy atom. The topological polar surface area (TPSA) is 33.1 Å². The van der Waals surface area contributed by atoms with E-state index in [-0.39, 0.29) is 0 Å². The summed E-state index contributed by atoms with van der Waals surface area (Å²) in [6, 6.07) is 0.709. The average Bonchev–Trinajstić information content (AvgIpc) is 3.04. The smallest absolute Gasteiger partial charge is 0.105 e. The number of hydrogen-bond acceptors (Lipinski definition) is 3. The van der Waals surface area contributed by atoms with Crippen LogP contribution in [-0.2, 0) is 6.54 Å². The summed E-state index contributed by atoms with van der Waals surface area (Å²) in [5.74, 6) is 1.12. The highest BCUT2D eigenvalue weighted by Crippen LogP contribution is 2.08. The van der Waals surface area contributed by atoms with Crippen LogP contribution in [0.2, 0.25) is 0 Å². The van der Waals surface area contributed by atoms with E-state index in [2.05, 4.69) is 39.8 Å². The molecule has 0 spiro atoms. The molecule has 1 atom stereocenters. The highest BCUT2D eigenvalue weighted by atomic mass is 15.2. The zero-order chi connectivity index (χ0) is 13.5. The van der Waals surface area contributed by atoms with Crippen molar-refractivity contribution < 1.29 is 0 Å². The monoisotopic (exact) mass is 264 g/mol. The van der Waals surface area contributed by atoms with E-state index in [9.17, 15) is 0 Å². The molecule has 2 rings (SSSR count). The first-order chi connectivity index (χ1) is 9.29. The van der Waals surface area contributed by atoms with Crippen molar-refractivity contribution in [3.63, 3.8) is 0 Å². The Balaban J connectivity index is 1.80. The van der Waals surface area contributed by atoms with Crippen LogP contribution in [0.3, 0.4) is 0 Å². The van der Waals surface area contributed by atoms with Gasteiger partial charge in [-0.15, -0.1) is 0 Å². The van der Waals surface area contributed by atoms with Gasteiger partial charge in [0.25, 0.3) is 0 Å². The van der Waals surface area contributed by atoms with Gasteiger partial charge in [-0.1, -0.05) is 13.3 Å². The highest BCUT2D eigenvalue weighted by Gasteiger charge is 2.17. The Morgan fingerprint density at radius 2 is 2.37 bits per heavy atom. The van der Waals surface area contributed by atoms with Crippen molar-refractivity contribution in [1.29, 1.82) is 0 Å². The van der Waals surface area contributed by atoms with Crippen LogP contribution < -0.4 is 5.32 Å². The number of imidazole rings is 1. The predicted octanol–water partition coefficient (Wildman–Crippen LogP) is 2.05. The predicted molar refractivity (Wildman–Crippen MR) is 79.3 cm³/mol. The number of unbranched alkanes of at least 4 members (excludes halogenated alkanes) is 1. The molecule has 1 aliphatic rings. The minimum absolute atomic E-state index is 0.709. The number of rotatable bonds is 8. The zero-order valence-electron chi connectivity index (χ0n) is 12.4. The Kier molecular flexibility index (Phi) is 5.86. The van der Waals surface area contributed by atoms with E-state index in [1.54, 1.807) is 0 Å². The number of nitrogens with one attached hydrogen (secondary N) is 1. The van der Waals surface area contributed by atoms with Gasteiger partial charge in [0.2, 0.25) is 0 Å². The third kappa shape index (κ3) is 4.62. The van der Waals surface area contributed by atoms with Gasteiger partial charge in [0.1, 0.15) is 5.82 Å². The molecular weight excluding hydrogens is 236 g/mol. The van der Waals surface area contributed by atoms with Crippen molar-refractivity contribution in [3.8, 4) is 0 Å². The molecule has 0 amide bonds. The van der Waals surface area contributed by atoms with Crippen molar-refractivity contribution >= 4 is 0 Å². The fourth-order valence-electron chi connectivity index (χ4n) is 2.79. The van der Waals surface area contributed by atoms with Crippen LogP contribution in [0.4, 0.5) is 0 Å². The maximum atomic E-state index is 4.29. The second-order valence-corrected chi connectivity index (χ2v) is 5.62. The van der Waals surface area contributed by atoms with Crippen LogP contribution in [-0.4, -0.2) is 46.7 Å². The van der Waals surface area contributed by atoms with E-state index in [0.29, 0.717) is 6.04 Å². The number of aryl methyl sites for hydroxylation is 1. The van der Waals surface area contributed by atoms with Crippen LogP contribution in [0.5, 0.6) is 0 Å². The summed E-state index contributed by atoms with van der Waals surface area (Å²) in [5, 5.41) is 3.61. The van der Waals surface area contributed by atoms with Gasteiger partial charge in [-0.25, -0.2) is 4.98 Å². The van der Waals surface area contributed by atoms with Gasteiger partial charge in [-0.3, -0.25) is 0 Å². The summed E-state index contributed by atoms with van der Waals surface area (Å²) in [6.07, 6.45) is 9.24. The molecule has 0 radical (unpaired) electrons. The van der Waals surface area contributed by atoms with Gasteiger partial charge in [-0.2, -0.15) is 0 Å². The molecule has 0 aliphatic carbocycles. The summed E-state index contributed by atoms with van der Waals surface area (Å²) >= 11 is 0. The van der Waals surface area contributed by atoms with Gasteiger partial charge in [0, 0.05) is 38.1 Å². The van der Waals surface area contributed by atoms with E-state index in [4.69, 9.17) is 0 Å². The first-order valence-electron chi connectivity index (χ1n) is 7.73. The maximum Gasteiger partial charge on any atom is 0.105 e. The number of hydrogen-bond donors (Lipinski definition) is 1.